The molecule has 2 heterocycles. The molecule has 2 rings (SSSR count). The van der Waals surface area contributed by atoms with Gasteiger partial charge in [-0.05, 0) is 38.9 Å². The molecule has 1 fully saturated rings. The average Bonchev–Trinajstić information content (AvgIpc) is 2.95. The fourth-order valence-corrected chi connectivity index (χ4v) is 2.46. The van der Waals surface area contributed by atoms with Gasteiger partial charge in [-0.15, -0.1) is 0 Å². The first kappa shape index (κ1) is 13.0. The van der Waals surface area contributed by atoms with Gasteiger partial charge in [0.15, 0.2) is 0 Å². The van der Waals surface area contributed by atoms with Gasteiger partial charge in [-0.2, -0.15) is 0 Å². The Kier molecular flexibility index (Phi) is 3.91. The highest BCUT2D eigenvalue weighted by atomic mass is 16.1. The van der Waals surface area contributed by atoms with Gasteiger partial charge in [-0.25, -0.2) is 0 Å². The van der Waals surface area contributed by atoms with Gasteiger partial charge in [0.25, 0.3) is 5.91 Å². The lowest BCUT2D eigenvalue weighted by molar-refractivity contribution is 0.0932. The number of hydrogen-bond acceptors (Lipinski definition) is 3. The first-order chi connectivity index (χ1) is 8.58. The van der Waals surface area contributed by atoms with E-state index in [9.17, 15) is 4.79 Å². The highest BCUT2D eigenvalue weighted by molar-refractivity contribution is 5.93. The maximum Gasteiger partial charge on any atom is 0.268 e. The Labute approximate surface area is 108 Å². The van der Waals surface area contributed by atoms with Gasteiger partial charge in [-0.1, -0.05) is 0 Å². The number of nitrogen functional groups attached to an aromatic ring is 1. The minimum atomic E-state index is -0.0553. The standard InChI is InChI=1S/C13H22N4O/c1-10(17-5-3-4-6-17)8-15-13(18)12-7-11(14)9-16(12)2/h7,9-10H,3-6,8,14H2,1-2H3,(H,15,18). The molecule has 1 aromatic rings. The van der Waals surface area contributed by atoms with Crippen LogP contribution in [0.5, 0.6) is 0 Å². The number of likely N-dealkylation sites (tertiary alicyclic amines) is 1. The van der Waals surface area contributed by atoms with Crippen LogP contribution in [0.2, 0.25) is 0 Å². The van der Waals surface area contributed by atoms with Gasteiger partial charge >= 0.3 is 0 Å². The molecule has 1 amide bonds. The molecule has 0 aromatic carbocycles. The summed E-state index contributed by atoms with van der Waals surface area (Å²) in [6.45, 7) is 5.14. The van der Waals surface area contributed by atoms with Crippen molar-refractivity contribution in [1.82, 2.24) is 14.8 Å². The summed E-state index contributed by atoms with van der Waals surface area (Å²) in [5, 5.41) is 2.97. The number of anilines is 1. The number of carbonyl (C=O) groups excluding carboxylic acids is 1. The first-order valence-electron chi connectivity index (χ1n) is 6.52. The number of hydrogen-bond donors (Lipinski definition) is 2. The maximum absolute atomic E-state index is 12.0. The van der Waals surface area contributed by atoms with E-state index in [1.807, 2.05) is 7.05 Å². The van der Waals surface area contributed by atoms with Crippen LogP contribution in [-0.2, 0) is 7.05 Å². The molecule has 1 aliphatic heterocycles. The largest absolute Gasteiger partial charge is 0.397 e. The third kappa shape index (κ3) is 2.85. The Balaban J connectivity index is 1.86. The molecular weight excluding hydrogens is 228 g/mol. The van der Waals surface area contributed by atoms with Gasteiger partial charge in [0, 0.05) is 25.8 Å². The molecule has 1 unspecified atom stereocenters. The summed E-state index contributed by atoms with van der Waals surface area (Å²) in [5.41, 5.74) is 6.90. The van der Waals surface area contributed by atoms with Gasteiger partial charge < -0.3 is 15.6 Å². The minimum absolute atomic E-state index is 0.0553. The molecule has 1 aliphatic rings. The van der Waals surface area contributed by atoms with Crippen LogP contribution < -0.4 is 11.1 Å². The lowest BCUT2D eigenvalue weighted by Gasteiger charge is -2.23. The number of amides is 1. The Morgan fingerprint density at radius 3 is 2.72 bits per heavy atom. The third-order valence-electron chi connectivity index (χ3n) is 3.58. The van der Waals surface area contributed by atoms with Crippen molar-refractivity contribution in [2.45, 2.75) is 25.8 Å². The molecule has 0 spiro atoms. The maximum atomic E-state index is 12.0. The van der Waals surface area contributed by atoms with E-state index in [2.05, 4.69) is 17.1 Å². The summed E-state index contributed by atoms with van der Waals surface area (Å²) in [4.78, 5) is 14.4. The second-order valence-electron chi connectivity index (χ2n) is 5.07. The van der Waals surface area contributed by atoms with Crippen molar-refractivity contribution in [3.05, 3.63) is 18.0 Å². The Hall–Kier alpha value is -1.49. The van der Waals surface area contributed by atoms with Crippen LogP contribution in [0.3, 0.4) is 0 Å². The van der Waals surface area contributed by atoms with Crippen LogP contribution in [0.25, 0.3) is 0 Å². The van der Waals surface area contributed by atoms with Crippen LogP contribution >= 0.6 is 0 Å². The van der Waals surface area contributed by atoms with E-state index in [0.717, 1.165) is 13.1 Å². The molecule has 100 valence electrons. The van der Waals surface area contributed by atoms with Crippen molar-refractivity contribution < 1.29 is 4.79 Å². The number of carbonyl (C=O) groups is 1. The molecule has 1 aromatic heterocycles. The predicted molar refractivity (Wildman–Crippen MR) is 72.4 cm³/mol. The van der Waals surface area contributed by atoms with E-state index in [4.69, 9.17) is 5.73 Å². The molecule has 0 saturated carbocycles. The van der Waals surface area contributed by atoms with Crippen LogP contribution in [-0.4, -0.2) is 41.1 Å². The van der Waals surface area contributed by atoms with Crippen LogP contribution in [0.1, 0.15) is 30.3 Å². The highest BCUT2D eigenvalue weighted by Gasteiger charge is 2.19. The summed E-state index contributed by atoms with van der Waals surface area (Å²) >= 11 is 0. The third-order valence-corrected chi connectivity index (χ3v) is 3.58. The monoisotopic (exact) mass is 250 g/mol. The number of aromatic nitrogens is 1. The average molecular weight is 250 g/mol. The molecule has 5 heteroatoms. The van der Waals surface area contributed by atoms with Gasteiger partial charge in [0.05, 0.1) is 5.69 Å². The second-order valence-corrected chi connectivity index (χ2v) is 5.07. The number of nitrogens with one attached hydrogen (secondary N) is 1. The van der Waals surface area contributed by atoms with E-state index in [0.29, 0.717) is 24.0 Å². The smallest absolute Gasteiger partial charge is 0.268 e. The van der Waals surface area contributed by atoms with E-state index >= 15 is 0 Å². The van der Waals surface area contributed by atoms with Crippen molar-refractivity contribution in [2.75, 3.05) is 25.4 Å². The Morgan fingerprint density at radius 2 is 2.17 bits per heavy atom. The van der Waals surface area contributed by atoms with Gasteiger partial charge in [-0.3, -0.25) is 9.69 Å². The number of rotatable bonds is 4. The van der Waals surface area contributed by atoms with Crippen LogP contribution in [0.4, 0.5) is 5.69 Å². The van der Waals surface area contributed by atoms with Crippen molar-refractivity contribution in [1.29, 1.82) is 0 Å². The zero-order chi connectivity index (χ0) is 13.1. The molecular formula is C13H22N4O. The van der Waals surface area contributed by atoms with E-state index in [1.54, 1.807) is 16.8 Å². The highest BCUT2D eigenvalue weighted by Crippen LogP contribution is 2.11. The number of nitrogens with zero attached hydrogens (tertiary/aromatic N) is 2. The quantitative estimate of drug-likeness (QED) is 0.831. The fourth-order valence-electron chi connectivity index (χ4n) is 2.46. The summed E-state index contributed by atoms with van der Waals surface area (Å²) in [6, 6.07) is 2.10. The predicted octanol–water partition coefficient (Wildman–Crippen LogP) is 0.821. The minimum Gasteiger partial charge on any atom is -0.397 e. The first-order valence-corrected chi connectivity index (χ1v) is 6.52. The summed E-state index contributed by atoms with van der Waals surface area (Å²) in [5.74, 6) is -0.0553. The normalized spacial score (nSPS) is 17.9. The summed E-state index contributed by atoms with van der Waals surface area (Å²) in [7, 11) is 1.83. The fraction of sp³-hybridized carbons (Fsp3) is 0.615. The van der Waals surface area contributed by atoms with Crippen molar-refractivity contribution in [3.63, 3.8) is 0 Å². The lowest BCUT2D eigenvalue weighted by atomic mass is 10.3. The number of aryl methyl sites for hydroxylation is 1. The Bertz CT molecular complexity index is 421. The summed E-state index contributed by atoms with van der Waals surface area (Å²) in [6.07, 6.45) is 4.29. The van der Waals surface area contributed by atoms with Gasteiger partial charge in [0.2, 0.25) is 0 Å². The zero-order valence-corrected chi connectivity index (χ0v) is 11.1. The number of nitrogens with two attached hydrogens (primary N) is 1. The van der Waals surface area contributed by atoms with Crippen LogP contribution in [0.15, 0.2) is 12.3 Å². The van der Waals surface area contributed by atoms with Crippen molar-refractivity contribution in [2.24, 2.45) is 7.05 Å². The zero-order valence-electron chi connectivity index (χ0n) is 11.1. The SMILES string of the molecule is CC(CNC(=O)c1cc(N)cn1C)N1CCCC1. The lowest BCUT2D eigenvalue weighted by Crippen LogP contribution is -2.41. The Morgan fingerprint density at radius 1 is 1.50 bits per heavy atom. The molecule has 0 bridgehead atoms. The molecule has 0 aliphatic carbocycles. The van der Waals surface area contributed by atoms with E-state index < -0.39 is 0 Å². The molecule has 5 nitrogen and oxygen atoms in total. The van der Waals surface area contributed by atoms with Crippen molar-refractivity contribution in [3.8, 4) is 0 Å². The second kappa shape index (κ2) is 5.44. The molecule has 3 N–H and O–H groups in total. The van der Waals surface area contributed by atoms with Crippen LogP contribution in [0, 0.1) is 0 Å². The molecule has 1 atom stereocenters. The summed E-state index contributed by atoms with van der Waals surface area (Å²) < 4.78 is 1.76. The molecule has 1 saturated heterocycles. The molecule has 0 radical (unpaired) electrons. The van der Waals surface area contributed by atoms with Gasteiger partial charge in [0.1, 0.15) is 5.69 Å². The van der Waals surface area contributed by atoms with E-state index in [1.165, 1.54) is 12.8 Å². The topological polar surface area (TPSA) is 63.3 Å². The van der Waals surface area contributed by atoms with E-state index in [-0.39, 0.29) is 5.91 Å². The molecule has 18 heavy (non-hydrogen) atoms. The van der Waals surface area contributed by atoms with Crippen molar-refractivity contribution >= 4 is 11.6 Å².